The van der Waals surface area contributed by atoms with Gasteiger partial charge in [-0.3, -0.25) is 19.6 Å². The molecule has 1 fully saturated rings. The number of amides is 2. The van der Waals surface area contributed by atoms with Crippen LogP contribution in [0.5, 0.6) is 0 Å². The number of hydrogen-bond donors (Lipinski definition) is 3. The number of carbonyl (C=O) groups is 2. The second-order valence-corrected chi connectivity index (χ2v) is 5.13. The number of H-pyrrole nitrogens is 1. The van der Waals surface area contributed by atoms with Crippen LogP contribution >= 0.6 is 0 Å². The fourth-order valence-corrected chi connectivity index (χ4v) is 2.32. The van der Waals surface area contributed by atoms with E-state index in [1.165, 1.54) is 0 Å². The van der Waals surface area contributed by atoms with Gasteiger partial charge in [-0.05, 0) is 13.8 Å². The molecule has 0 bridgehead atoms. The number of aromatic amines is 1. The summed E-state index contributed by atoms with van der Waals surface area (Å²) in [4.78, 5) is 27.6. The number of nitrogens with two attached hydrogens (primary N) is 1. The molecule has 0 aromatic carbocycles. The van der Waals surface area contributed by atoms with Gasteiger partial charge in [-0.2, -0.15) is 5.10 Å². The van der Waals surface area contributed by atoms with Crippen molar-refractivity contribution in [3.63, 3.8) is 0 Å². The molecule has 0 unspecified atom stereocenters. The zero-order valence-corrected chi connectivity index (χ0v) is 12.5. The van der Waals surface area contributed by atoms with E-state index in [4.69, 9.17) is 5.73 Å². The topological polar surface area (TPSA) is 107 Å². The molecule has 8 nitrogen and oxygen atoms in total. The fraction of sp³-hybridized carbons (Fsp3) is 0.615. The first-order valence-corrected chi connectivity index (χ1v) is 7.11. The lowest BCUT2D eigenvalue weighted by molar-refractivity contribution is -0.122. The van der Waals surface area contributed by atoms with E-state index in [0.29, 0.717) is 50.6 Å². The van der Waals surface area contributed by atoms with Gasteiger partial charge in [0.15, 0.2) is 5.69 Å². The van der Waals surface area contributed by atoms with Gasteiger partial charge in [0.25, 0.3) is 5.91 Å². The van der Waals surface area contributed by atoms with E-state index in [1.807, 2.05) is 11.8 Å². The molecule has 21 heavy (non-hydrogen) atoms. The van der Waals surface area contributed by atoms with Crippen LogP contribution in [0.25, 0.3) is 0 Å². The van der Waals surface area contributed by atoms with Gasteiger partial charge in [-0.15, -0.1) is 0 Å². The summed E-state index contributed by atoms with van der Waals surface area (Å²) < 4.78 is 0. The number of hydrogen-bond acceptors (Lipinski definition) is 5. The molecule has 0 spiro atoms. The highest BCUT2D eigenvalue weighted by atomic mass is 16.2. The van der Waals surface area contributed by atoms with Gasteiger partial charge in [0.2, 0.25) is 5.91 Å². The molecule has 2 rings (SSSR count). The summed E-state index contributed by atoms with van der Waals surface area (Å²) in [6.07, 6.45) is 0. The Hall–Kier alpha value is -2.09. The molecular weight excluding hydrogens is 272 g/mol. The maximum absolute atomic E-state index is 12.3. The van der Waals surface area contributed by atoms with Crippen molar-refractivity contribution in [3.8, 4) is 0 Å². The first-order valence-electron chi connectivity index (χ1n) is 7.11. The van der Waals surface area contributed by atoms with Gasteiger partial charge in [0.1, 0.15) is 0 Å². The minimum atomic E-state index is -0.158. The lowest BCUT2D eigenvalue weighted by Gasteiger charge is -2.34. The first-order chi connectivity index (χ1) is 10.0. The van der Waals surface area contributed by atoms with Crippen LogP contribution < -0.4 is 11.1 Å². The Balaban J connectivity index is 1.88. The first kappa shape index (κ1) is 15.3. The molecule has 8 heteroatoms. The molecule has 1 aromatic rings. The monoisotopic (exact) mass is 294 g/mol. The van der Waals surface area contributed by atoms with E-state index < -0.39 is 0 Å². The van der Waals surface area contributed by atoms with E-state index in [9.17, 15) is 9.59 Å². The fourth-order valence-electron chi connectivity index (χ4n) is 2.32. The van der Waals surface area contributed by atoms with Gasteiger partial charge >= 0.3 is 0 Å². The normalized spacial score (nSPS) is 16.0. The molecule has 1 aromatic heterocycles. The van der Waals surface area contributed by atoms with Gasteiger partial charge in [-0.1, -0.05) is 0 Å². The molecular formula is C13H22N6O2. The van der Waals surface area contributed by atoms with Crippen molar-refractivity contribution in [2.24, 2.45) is 0 Å². The highest BCUT2D eigenvalue weighted by Crippen LogP contribution is 2.15. The number of likely N-dealkylation sites (N-methyl/N-ethyl adjacent to an activating group) is 1. The Bertz CT molecular complexity index is 519. The minimum Gasteiger partial charge on any atom is -0.395 e. The van der Waals surface area contributed by atoms with E-state index in [0.717, 1.165) is 0 Å². The maximum Gasteiger partial charge on any atom is 0.276 e. The molecule has 4 N–H and O–H groups in total. The van der Waals surface area contributed by atoms with Crippen LogP contribution in [-0.4, -0.2) is 71.1 Å². The summed E-state index contributed by atoms with van der Waals surface area (Å²) in [5, 5.41) is 9.45. The molecule has 0 saturated carbocycles. The molecule has 1 aliphatic heterocycles. The Morgan fingerprint density at radius 2 is 2.00 bits per heavy atom. The smallest absolute Gasteiger partial charge is 0.276 e. The molecule has 2 heterocycles. The van der Waals surface area contributed by atoms with Crippen LogP contribution in [-0.2, 0) is 4.79 Å². The average Bonchev–Trinajstić information content (AvgIpc) is 2.79. The average molecular weight is 294 g/mol. The predicted molar refractivity (Wildman–Crippen MR) is 78.8 cm³/mol. The number of anilines is 1. The minimum absolute atomic E-state index is 0.0180. The number of nitrogens with zero attached hydrogens (tertiary/aromatic N) is 3. The second-order valence-electron chi connectivity index (χ2n) is 5.13. The van der Waals surface area contributed by atoms with Crippen molar-refractivity contribution in [2.75, 3.05) is 45.0 Å². The van der Waals surface area contributed by atoms with E-state index >= 15 is 0 Å². The second kappa shape index (κ2) is 6.57. The summed E-state index contributed by atoms with van der Waals surface area (Å²) >= 11 is 0. The van der Waals surface area contributed by atoms with E-state index in [1.54, 1.807) is 11.8 Å². The van der Waals surface area contributed by atoms with Crippen molar-refractivity contribution < 1.29 is 9.59 Å². The predicted octanol–water partition coefficient (Wildman–Crippen LogP) is -0.806. The molecule has 1 aliphatic rings. The molecule has 1 saturated heterocycles. The Labute approximate surface area is 123 Å². The number of rotatable bonds is 4. The molecule has 0 aliphatic carbocycles. The number of piperazine rings is 1. The van der Waals surface area contributed by atoms with E-state index in [2.05, 4.69) is 15.5 Å². The third-order valence-corrected chi connectivity index (χ3v) is 3.60. The zero-order chi connectivity index (χ0) is 15.4. The SMILES string of the molecule is CCNC(=O)CN1CCN(C(=O)c2n[nH]c(C)c2N)CC1. The van der Waals surface area contributed by atoms with Crippen molar-refractivity contribution in [2.45, 2.75) is 13.8 Å². The third kappa shape index (κ3) is 3.52. The number of carbonyl (C=O) groups excluding carboxylic acids is 2. The molecule has 2 amide bonds. The highest BCUT2D eigenvalue weighted by Gasteiger charge is 2.26. The Morgan fingerprint density at radius 1 is 1.33 bits per heavy atom. The number of nitrogens with one attached hydrogen (secondary N) is 2. The summed E-state index contributed by atoms with van der Waals surface area (Å²) in [5.41, 5.74) is 7.22. The summed E-state index contributed by atoms with van der Waals surface area (Å²) in [5.74, 6) is -0.140. The largest absolute Gasteiger partial charge is 0.395 e. The Kier molecular flexibility index (Phi) is 4.79. The summed E-state index contributed by atoms with van der Waals surface area (Å²) in [7, 11) is 0. The van der Waals surface area contributed by atoms with Crippen molar-refractivity contribution in [1.29, 1.82) is 0 Å². The Morgan fingerprint density at radius 3 is 2.52 bits per heavy atom. The van der Waals surface area contributed by atoms with Gasteiger partial charge in [0.05, 0.1) is 17.9 Å². The van der Waals surface area contributed by atoms with Crippen LogP contribution in [0.15, 0.2) is 0 Å². The van der Waals surface area contributed by atoms with Crippen molar-refractivity contribution >= 4 is 17.5 Å². The maximum atomic E-state index is 12.3. The van der Waals surface area contributed by atoms with Crippen LogP contribution in [0, 0.1) is 6.92 Å². The van der Waals surface area contributed by atoms with Crippen LogP contribution in [0.1, 0.15) is 23.1 Å². The van der Waals surface area contributed by atoms with E-state index in [-0.39, 0.29) is 17.5 Å². The molecule has 0 radical (unpaired) electrons. The summed E-state index contributed by atoms with van der Waals surface area (Å²) in [6, 6.07) is 0. The van der Waals surface area contributed by atoms with Crippen LogP contribution in [0.3, 0.4) is 0 Å². The van der Waals surface area contributed by atoms with Crippen molar-refractivity contribution in [1.82, 2.24) is 25.3 Å². The van der Waals surface area contributed by atoms with Crippen LogP contribution in [0.2, 0.25) is 0 Å². The summed E-state index contributed by atoms with van der Waals surface area (Å²) in [6.45, 7) is 7.17. The lowest BCUT2D eigenvalue weighted by Crippen LogP contribution is -2.51. The standard InChI is InChI=1S/C13H22N6O2/c1-3-15-10(20)8-18-4-6-19(7-5-18)13(21)12-11(14)9(2)16-17-12/h3-8,14H2,1-2H3,(H,15,20)(H,16,17). The quantitative estimate of drug-likeness (QED) is 0.673. The molecule has 116 valence electrons. The highest BCUT2D eigenvalue weighted by molar-refractivity contribution is 5.97. The number of aromatic nitrogens is 2. The third-order valence-electron chi connectivity index (χ3n) is 3.60. The number of aryl methyl sites for hydroxylation is 1. The number of nitrogen functional groups attached to an aromatic ring is 1. The van der Waals surface area contributed by atoms with Gasteiger partial charge < -0.3 is 16.0 Å². The zero-order valence-electron chi connectivity index (χ0n) is 12.5. The van der Waals surface area contributed by atoms with Crippen LogP contribution in [0.4, 0.5) is 5.69 Å². The lowest BCUT2D eigenvalue weighted by atomic mass is 10.2. The van der Waals surface area contributed by atoms with Gasteiger partial charge in [0, 0.05) is 32.7 Å². The van der Waals surface area contributed by atoms with Gasteiger partial charge in [-0.25, -0.2) is 0 Å². The van der Waals surface area contributed by atoms with Crippen molar-refractivity contribution in [3.05, 3.63) is 11.4 Å². The molecule has 0 atom stereocenters.